The third kappa shape index (κ3) is 3.09. The van der Waals surface area contributed by atoms with E-state index >= 15 is 0 Å². The summed E-state index contributed by atoms with van der Waals surface area (Å²) in [4.78, 5) is 10.9. The summed E-state index contributed by atoms with van der Waals surface area (Å²) in [6, 6.07) is 4.99. The second-order valence-corrected chi connectivity index (χ2v) is 6.69. The molecule has 0 aliphatic heterocycles. The van der Waals surface area contributed by atoms with Crippen LogP contribution in [0.15, 0.2) is 18.2 Å². The number of carboxylic acids is 1. The third-order valence-electron chi connectivity index (χ3n) is 4.11. The summed E-state index contributed by atoms with van der Waals surface area (Å²) in [6.07, 6.45) is 3.42. The van der Waals surface area contributed by atoms with Crippen molar-refractivity contribution >= 4 is 5.97 Å². The Morgan fingerprint density at radius 3 is 2.53 bits per heavy atom. The van der Waals surface area contributed by atoms with E-state index < -0.39 is 5.97 Å². The Morgan fingerprint density at radius 2 is 2.00 bits per heavy atom. The van der Waals surface area contributed by atoms with Crippen molar-refractivity contribution in [3.8, 4) is 5.75 Å². The number of aromatic carboxylic acids is 1. The first kappa shape index (κ1) is 13.9. The van der Waals surface area contributed by atoms with Gasteiger partial charge in [-0.25, -0.2) is 4.79 Å². The topological polar surface area (TPSA) is 57.5 Å². The minimum Gasteiger partial charge on any atom is -0.507 e. The van der Waals surface area contributed by atoms with Crippen LogP contribution >= 0.6 is 0 Å². The summed E-state index contributed by atoms with van der Waals surface area (Å²) >= 11 is 0. The lowest BCUT2D eigenvalue weighted by Crippen LogP contribution is -2.26. The van der Waals surface area contributed by atoms with Crippen LogP contribution in [0, 0.1) is 11.3 Å². The van der Waals surface area contributed by atoms with Crippen molar-refractivity contribution in [3.05, 3.63) is 29.3 Å². The van der Waals surface area contributed by atoms with Crippen molar-refractivity contribution < 1.29 is 15.0 Å². The Hall–Kier alpha value is -1.51. The summed E-state index contributed by atoms with van der Waals surface area (Å²) in [5.41, 5.74) is 1.35. The Balaban J connectivity index is 2.27. The molecule has 2 rings (SSSR count). The minimum atomic E-state index is -1.08. The molecule has 0 saturated heterocycles. The summed E-state index contributed by atoms with van der Waals surface area (Å²) < 4.78 is 0. The van der Waals surface area contributed by atoms with Gasteiger partial charge in [0.05, 0.1) is 0 Å². The van der Waals surface area contributed by atoms with Crippen LogP contribution in [0.4, 0.5) is 0 Å². The molecule has 1 aliphatic carbocycles. The zero-order valence-corrected chi connectivity index (χ0v) is 11.8. The highest BCUT2D eigenvalue weighted by Crippen LogP contribution is 2.46. The fourth-order valence-corrected chi connectivity index (χ4v) is 3.58. The number of hydrogen-bond acceptors (Lipinski definition) is 2. The van der Waals surface area contributed by atoms with E-state index in [-0.39, 0.29) is 11.3 Å². The fourth-order valence-electron chi connectivity index (χ4n) is 3.58. The van der Waals surface area contributed by atoms with Gasteiger partial charge in [0.15, 0.2) is 0 Å². The third-order valence-corrected chi connectivity index (χ3v) is 4.11. The Morgan fingerprint density at radius 1 is 1.32 bits per heavy atom. The highest BCUT2D eigenvalue weighted by Gasteiger charge is 2.33. The van der Waals surface area contributed by atoms with Crippen molar-refractivity contribution in [1.29, 1.82) is 0 Å². The van der Waals surface area contributed by atoms with E-state index in [0.29, 0.717) is 17.3 Å². The molecule has 1 aliphatic rings. The van der Waals surface area contributed by atoms with E-state index in [1.807, 2.05) is 6.07 Å². The van der Waals surface area contributed by atoms with Gasteiger partial charge in [-0.15, -0.1) is 0 Å². The predicted octanol–water partition coefficient (Wildman–Crippen LogP) is 4.02. The predicted molar refractivity (Wildman–Crippen MR) is 74.6 cm³/mol. The highest BCUT2D eigenvalue weighted by molar-refractivity contribution is 5.90. The van der Waals surface area contributed by atoms with Crippen LogP contribution < -0.4 is 0 Å². The van der Waals surface area contributed by atoms with Gasteiger partial charge in [0.2, 0.25) is 0 Å². The molecule has 0 heterocycles. The summed E-state index contributed by atoms with van der Waals surface area (Å²) in [5, 5.41) is 18.7. The molecule has 2 unspecified atom stereocenters. The van der Waals surface area contributed by atoms with Crippen LogP contribution in [0.25, 0.3) is 0 Å². The zero-order chi connectivity index (χ0) is 14.2. The Labute approximate surface area is 114 Å². The van der Waals surface area contributed by atoms with E-state index in [1.54, 1.807) is 6.07 Å². The molecule has 1 saturated carbocycles. The number of aromatic hydroxyl groups is 1. The van der Waals surface area contributed by atoms with Crippen molar-refractivity contribution in [3.63, 3.8) is 0 Å². The van der Waals surface area contributed by atoms with Gasteiger partial charge in [-0.3, -0.25) is 0 Å². The molecule has 0 amide bonds. The first-order valence-electron chi connectivity index (χ1n) is 6.85. The molecule has 0 bridgehead atoms. The summed E-state index contributed by atoms with van der Waals surface area (Å²) in [6.45, 7) is 6.82. The van der Waals surface area contributed by atoms with Gasteiger partial charge in [-0.2, -0.15) is 0 Å². The minimum absolute atomic E-state index is 0.0214. The van der Waals surface area contributed by atoms with Crippen LogP contribution in [0.3, 0.4) is 0 Å². The second kappa shape index (κ2) is 4.87. The quantitative estimate of drug-likeness (QED) is 0.846. The molecule has 0 radical (unpaired) electrons. The molecule has 3 nitrogen and oxygen atoms in total. The highest BCUT2D eigenvalue weighted by atomic mass is 16.4. The van der Waals surface area contributed by atoms with Crippen LogP contribution in [0.1, 0.15) is 61.9 Å². The van der Waals surface area contributed by atoms with Crippen molar-refractivity contribution in [2.75, 3.05) is 0 Å². The van der Waals surface area contributed by atoms with E-state index in [0.717, 1.165) is 18.4 Å². The monoisotopic (exact) mass is 262 g/mol. The fraction of sp³-hybridized carbons (Fsp3) is 0.562. The van der Waals surface area contributed by atoms with Crippen molar-refractivity contribution in [2.24, 2.45) is 11.3 Å². The lowest BCUT2D eigenvalue weighted by Gasteiger charge is -2.39. The maximum atomic E-state index is 10.9. The van der Waals surface area contributed by atoms with Gasteiger partial charge in [0.1, 0.15) is 11.3 Å². The standard InChI is InChI=1S/C16H22O3/c1-10-6-12(9-16(2,3)8-10)11-4-5-13(15(18)19)14(17)7-11/h4-5,7,10,12,17H,6,8-9H2,1-3H3,(H,18,19). The smallest absolute Gasteiger partial charge is 0.339 e. The second-order valence-electron chi connectivity index (χ2n) is 6.69. The summed E-state index contributed by atoms with van der Waals surface area (Å²) in [7, 11) is 0. The average Bonchev–Trinajstić information content (AvgIpc) is 2.25. The molecule has 2 N–H and O–H groups in total. The van der Waals surface area contributed by atoms with E-state index in [1.165, 1.54) is 12.5 Å². The summed E-state index contributed by atoms with van der Waals surface area (Å²) in [5.74, 6) is -0.134. The molecule has 1 aromatic carbocycles. The van der Waals surface area contributed by atoms with E-state index in [4.69, 9.17) is 5.11 Å². The van der Waals surface area contributed by atoms with Crippen LogP contribution in [0.2, 0.25) is 0 Å². The Kier molecular flexibility index (Phi) is 3.57. The van der Waals surface area contributed by atoms with Crippen molar-refractivity contribution in [1.82, 2.24) is 0 Å². The van der Waals surface area contributed by atoms with Gasteiger partial charge in [-0.05, 0) is 54.2 Å². The number of benzene rings is 1. The first-order chi connectivity index (χ1) is 8.78. The number of phenols is 1. The molecule has 104 valence electrons. The van der Waals surface area contributed by atoms with Gasteiger partial charge in [0, 0.05) is 0 Å². The number of carboxylic acid groups (broad SMARTS) is 1. The molecule has 19 heavy (non-hydrogen) atoms. The molecule has 1 aromatic rings. The maximum absolute atomic E-state index is 10.9. The first-order valence-corrected chi connectivity index (χ1v) is 6.85. The molecular formula is C16H22O3. The largest absolute Gasteiger partial charge is 0.507 e. The lowest BCUT2D eigenvalue weighted by molar-refractivity contribution is 0.0693. The van der Waals surface area contributed by atoms with E-state index in [2.05, 4.69) is 20.8 Å². The average molecular weight is 262 g/mol. The van der Waals surface area contributed by atoms with Crippen LogP contribution in [-0.2, 0) is 0 Å². The zero-order valence-electron chi connectivity index (χ0n) is 11.8. The van der Waals surface area contributed by atoms with Gasteiger partial charge in [0.25, 0.3) is 0 Å². The molecule has 0 spiro atoms. The molecule has 3 heteroatoms. The van der Waals surface area contributed by atoms with Crippen molar-refractivity contribution in [2.45, 2.75) is 46.0 Å². The number of hydrogen-bond donors (Lipinski definition) is 2. The van der Waals surface area contributed by atoms with Crippen LogP contribution in [0.5, 0.6) is 5.75 Å². The number of rotatable bonds is 2. The Bertz CT molecular complexity index is 491. The molecule has 0 aromatic heterocycles. The molecule has 2 atom stereocenters. The van der Waals surface area contributed by atoms with Crippen LogP contribution in [-0.4, -0.2) is 16.2 Å². The number of carbonyl (C=O) groups is 1. The van der Waals surface area contributed by atoms with Gasteiger partial charge < -0.3 is 10.2 Å². The van der Waals surface area contributed by atoms with Gasteiger partial charge in [-0.1, -0.05) is 26.8 Å². The molecular weight excluding hydrogens is 240 g/mol. The molecule has 1 fully saturated rings. The normalized spacial score (nSPS) is 26.1. The SMILES string of the molecule is CC1CC(c2ccc(C(=O)O)c(O)c2)CC(C)(C)C1. The van der Waals surface area contributed by atoms with Gasteiger partial charge >= 0.3 is 5.97 Å². The van der Waals surface area contributed by atoms with E-state index in [9.17, 15) is 9.90 Å². The maximum Gasteiger partial charge on any atom is 0.339 e. The lowest BCUT2D eigenvalue weighted by atomic mass is 9.66.